The van der Waals surface area contributed by atoms with E-state index in [1.807, 2.05) is 13.0 Å². The van der Waals surface area contributed by atoms with Gasteiger partial charge in [0.05, 0.1) is 27.0 Å². The molecule has 0 aliphatic carbocycles. The molecule has 1 heterocycles. The second-order valence-corrected chi connectivity index (χ2v) is 5.33. The molecule has 5 nitrogen and oxygen atoms in total. The molecule has 21 heavy (non-hydrogen) atoms. The Balaban J connectivity index is 2.13. The van der Waals surface area contributed by atoms with E-state index < -0.39 is 5.97 Å². The van der Waals surface area contributed by atoms with Gasteiger partial charge >= 0.3 is 5.97 Å². The van der Waals surface area contributed by atoms with E-state index in [1.54, 1.807) is 11.7 Å². The Bertz CT molecular complexity index is 683. The maximum atomic E-state index is 12.1. The topological polar surface area (TPSA) is 70.1 Å². The number of carbonyl (C=O) groups excluding carboxylic acids is 1. The van der Waals surface area contributed by atoms with E-state index >= 15 is 0 Å². The van der Waals surface area contributed by atoms with Gasteiger partial charge in [-0.25, -0.2) is 4.79 Å². The standard InChI is InChI=1S/C14H15Cl2N3O2/c1-3-9-6-10(19(2)18-9)7-21-14(20)11-4-8(17)5-12(15)13(11)16/h4-6H,3,7,17H2,1-2H3. The molecule has 2 aromatic rings. The molecule has 0 bridgehead atoms. The third kappa shape index (κ3) is 3.49. The molecule has 2 N–H and O–H groups in total. The number of hydrogen-bond donors (Lipinski definition) is 1. The van der Waals surface area contributed by atoms with E-state index in [-0.39, 0.29) is 22.2 Å². The minimum atomic E-state index is -0.576. The van der Waals surface area contributed by atoms with E-state index in [2.05, 4.69) is 5.10 Å². The Kier molecular flexibility index (Phi) is 4.75. The molecule has 0 spiro atoms. The van der Waals surface area contributed by atoms with Gasteiger partial charge in [-0.1, -0.05) is 30.1 Å². The van der Waals surface area contributed by atoms with E-state index in [0.717, 1.165) is 17.8 Å². The predicted molar refractivity (Wildman–Crippen MR) is 82.6 cm³/mol. The number of rotatable bonds is 4. The van der Waals surface area contributed by atoms with Gasteiger partial charge in [0.1, 0.15) is 6.61 Å². The van der Waals surface area contributed by atoms with Crippen molar-refractivity contribution in [1.29, 1.82) is 0 Å². The summed E-state index contributed by atoms with van der Waals surface area (Å²) in [5.41, 5.74) is 7.89. The number of nitrogens with two attached hydrogens (primary N) is 1. The van der Waals surface area contributed by atoms with Gasteiger partial charge in [0.25, 0.3) is 0 Å². The Labute approximate surface area is 132 Å². The first-order chi connectivity index (χ1) is 9.92. The zero-order valence-electron chi connectivity index (χ0n) is 11.7. The Morgan fingerprint density at radius 3 is 2.71 bits per heavy atom. The molecule has 0 aliphatic rings. The first kappa shape index (κ1) is 15.7. The van der Waals surface area contributed by atoms with E-state index in [0.29, 0.717) is 5.69 Å². The van der Waals surface area contributed by atoms with Crippen molar-refractivity contribution in [2.24, 2.45) is 7.05 Å². The van der Waals surface area contributed by atoms with Gasteiger partial charge in [-0.15, -0.1) is 0 Å². The summed E-state index contributed by atoms with van der Waals surface area (Å²) >= 11 is 11.9. The normalized spacial score (nSPS) is 10.7. The fourth-order valence-electron chi connectivity index (χ4n) is 1.86. The van der Waals surface area contributed by atoms with Crippen molar-refractivity contribution < 1.29 is 9.53 Å². The summed E-state index contributed by atoms with van der Waals surface area (Å²) in [4.78, 5) is 12.1. The maximum Gasteiger partial charge on any atom is 0.340 e. The highest BCUT2D eigenvalue weighted by atomic mass is 35.5. The van der Waals surface area contributed by atoms with Crippen LogP contribution in [-0.4, -0.2) is 15.7 Å². The molecule has 0 saturated carbocycles. The predicted octanol–water partition coefficient (Wildman–Crippen LogP) is 3.23. The number of benzene rings is 1. The third-order valence-corrected chi connectivity index (χ3v) is 3.81. The summed E-state index contributed by atoms with van der Waals surface area (Å²) in [5.74, 6) is -0.576. The van der Waals surface area contributed by atoms with Gasteiger partial charge < -0.3 is 10.5 Å². The van der Waals surface area contributed by atoms with Crippen molar-refractivity contribution in [2.75, 3.05) is 5.73 Å². The fraction of sp³-hybridized carbons (Fsp3) is 0.286. The number of aromatic nitrogens is 2. The molecular weight excluding hydrogens is 313 g/mol. The van der Waals surface area contributed by atoms with Crippen LogP contribution in [0.4, 0.5) is 5.69 Å². The molecule has 0 atom stereocenters. The van der Waals surface area contributed by atoms with Gasteiger partial charge in [-0.2, -0.15) is 5.10 Å². The second kappa shape index (κ2) is 6.37. The fourth-order valence-corrected chi connectivity index (χ4v) is 2.27. The number of anilines is 1. The van der Waals surface area contributed by atoms with E-state index in [4.69, 9.17) is 33.7 Å². The van der Waals surface area contributed by atoms with Gasteiger partial charge in [0.15, 0.2) is 0 Å². The summed E-state index contributed by atoms with van der Waals surface area (Å²) in [6.07, 6.45) is 0.818. The van der Waals surface area contributed by atoms with E-state index in [1.165, 1.54) is 12.1 Å². The monoisotopic (exact) mass is 327 g/mol. The number of esters is 1. The number of nitrogens with zero attached hydrogens (tertiary/aromatic N) is 2. The van der Waals surface area contributed by atoms with Crippen molar-refractivity contribution in [3.05, 3.63) is 45.2 Å². The largest absolute Gasteiger partial charge is 0.456 e. The average molecular weight is 328 g/mol. The highest BCUT2D eigenvalue weighted by Gasteiger charge is 2.16. The van der Waals surface area contributed by atoms with Crippen LogP contribution in [0.2, 0.25) is 10.0 Å². The molecule has 0 amide bonds. The van der Waals surface area contributed by atoms with Crippen LogP contribution >= 0.6 is 23.2 Å². The summed E-state index contributed by atoms with van der Waals surface area (Å²) in [5, 5.41) is 4.64. The molecule has 1 aromatic carbocycles. The second-order valence-electron chi connectivity index (χ2n) is 4.54. The third-order valence-electron chi connectivity index (χ3n) is 3.01. The lowest BCUT2D eigenvalue weighted by molar-refractivity contribution is 0.0464. The highest BCUT2D eigenvalue weighted by molar-refractivity contribution is 6.44. The van der Waals surface area contributed by atoms with Crippen LogP contribution in [0.3, 0.4) is 0 Å². The van der Waals surface area contributed by atoms with Crippen molar-refractivity contribution in [3.8, 4) is 0 Å². The minimum Gasteiger partial charge on any atom is -0.456 e. The summed E-state index contributed by atoms with van der Waals surface area (Å²) in [6.45, 7) is 2.11. The average Bonchev–Trinajstić information content (AvgIpc) is 2.80. The summed E-state index contributed by atoms with van der Waals surface area (Å²) in [6, 6.07) is 4.81. The number of ether oxygens (including phenoxy) is 1. The quantitative estimate of drug-likeness (QED) is 0.691. The van der Waals surface area contributed by atoms with Crippen molar-refractivity contribution in [3.63, 3.8) is 0 Å². The van der Waals surface area contributed by atoms with Crippen LogP contribution in [0.1, 0.15) is 28.7 Å². The Morgan fingerprint density at radius 1 is 1.38 bits per heavy atom. The molecule has 112 valence electrons. The molecule has 0 radical (unpaired) electrons. The smallest absolute Gasteiger partial charge is 0.340 e. The van der Waals surface area contributed by atoms with Crippen LogP contribution in [-0.2, 0) is 24.8 Å². The maximum absolute atomic E-state index is 12.1. The lowest BCUT2D eigenvalue weighted by Crippen LogP contribution is -2.09. The minimum absolute atomic E-state index is 0.102. The number of nitrogen functional groups attached to an aromatic ring is 1. The molecular formula is C14H15Cl2N3O2. The van der Waals surface area contributed by atoms with Gasteiger partial charge in [-0.3, -0.25) is 4.68 Å². The zero-order chi connectivity index (χ0) is 15.6. The lowest BCUT2D eigenvalue weighted by atomic mass is 10.2. The molecule has 2 rings (SSSR count). The van der Waals surface area contributed by atoms with Crippen molar-refractivity contribution >= 4 is 34.9 Å². The van der Waals surface area contributed by atoms with E-state index in [9.17, 15) is 4.79 Å². The molecule has 0 fully saturated rings. The van der Waals surface area contributed by atoms with Gasteiger partial charge in [0, 0.05) is 12.7 Å². The number of aryl methyl sites for hydroxylation is 2. The van der Waals surface area contributed by atoms with Crippen LogP contribution in [0, 0.1) is 0 Å². The van der Waals surface area contributed by atoms with Crippen LogP contribution in [0.15, 0.2) is 18.2 Å². The molecule has 1 aromatic heterocycles. The number of halogens is 2. The zero-order valence-corrected chi connectivity index (χ0v) is 13.2. The van der Waals surface area contributed by atoms with Crippen LogP contribution in [0.25, 0.3) is 0 Å². The first-order valence-corrected chi connectivity index (χ1v) is 7.11. The molecule has 7 heteroatoms. The molecule has 0 aliphatic heterocycles. The Morgan fingerprint density at radius 2 is 2.10 bits per heavy atom. The van der Waals surface area contributed by atoms with Crippen molar-refractivity contribution in [2.45, 2.75) is 20.0 Å². The summed E-state index contributed by atoms with van der Waals surface area (Å²) in [7, 11) is 1.80. The lowest BCUT2D eigenvalue weighted by Gasteiger charge is -2.08. The van der Waals surface area contributed by atoms with Crippen molar-refractivity contribution in [1.82, 2.24) is 9.78 Å². The van der Waals surface area contributed by atoms with Crippen LogP contribution in [0.5, 0.6) is 0 Å². The number of hydrogen-bond acceptors (Lipinski definition) is 4. The van der Waals surface area contributed by atoms with Gasteiger partial charge in [-0.05, 0) is 24.6 Å². The molecule has 0 saturated heterocycles. The highest BCUT2D eigenvalue weighted by Crippen LogP contribution is 2.29. The summed E-state index contributed by atoms with van der Waals surface area (Å²) < 4.78 is 6.93. The van der Waals surface area contributed by atoms with Crippen LogP contribution < -0.4 is 5.73 Å². The number of carbonyl (C=O) groups is 1. The first-order valence-electron chi connectivity index (χ1n) is 6.35. The van der Waals surface area contributed by atoms with Gasteiger partial charge in [0.2, 0.25) is 0 Å². The SMILES string of the molecule is CCc1cc(COC(=O)c2cc(N)cc(Cl)c2Cl)n(C)n1. The molecule has 0 unspecified atom stereocenters. The Hall–Kier alpha value is -1.72.